The van der Waals surface area contributed by atoms with E-state index in [1.165, 1.54) is 11.5 Å². The van der Waals surface area contributed by atoms with Crippen LogP contribution >= 0.6 is 11.5 Å². The summed E-state index contributed by atoms with van der Waals surface area (Å²) in [5.41, 5.74) is 0.993. The van der Waals surface area contributed by atoms with Crippen molar-refractivity contribution in [3.8, 4) is 0 Å². The molecule has 1 aromatic heterocycles. The Balaban J connectivity index is 1.95. The number of rotatable bonds is 2. The molecule has 66 valence electrons. The van der Waals surface area contributed by atoms with Crippen LogP contribution in [-0.4, -0.2) is 33.9 Å². The smallest absolute Gasteiger partial charge is 0.0759 e. The minimum Gasteiger partial charge on any atom is -0.391 e. The summed E-state index contributed by atoms with van der Waals surface area (Å²) in [6, 6.07) is 0. The number of nitrogens with zero attached hydrogens (tertiary/aromatic N) is 2. The van der Waals surface area contributed by atoms with E-state index in [2.05, 4.69) is 14.9 Å². The Morgan fingerprint density at radius 3 is 3.17 bits per heavy atom. The summed E-state index contributed by atoms with van der Waals surface area (Å²) in [5, 5.41) is 18.5. The molecule has 2 rings (SSSR count). The van der Waals surface area contributed by atoms with Gasteiger partial charge in [0.2, 0.25) is 0 Å². The SMILES string of the molecule is OC1CNCC1Cc1csnn1. The number of β-amino-alcohol motifs (C(OH)–C–C–N with tert-alkyl or cyclic N) is 1. The lowest BCUT2D eigenvalue weighted by Crippen LogP contribution is -2.20. The average molecular weight is 185 g/mol. The Bertz CT molecular complexity index is 239. The minimum absolute atomic E-state index is 0.216. The van der Waals surface area contributed by atoms with Crippen molar-refractivity contribution in [1.29, 1.82) is 0 Å². The van der Waals surface area contributed by atoms with Crippen molar-refractivity contribution in [1.82, 2.24) is 14.9 Å². The number of aromatic nitrogens is 2. The molecule has 0 aromatic carbocycles. The zero-order valence-electron chi connectivity index (χ0n) is 6.60. The van der Waals surface area contributed by atoms with Crippen molar-refractivity contribution >= 4 is 11.5 Å². The van der Waals surface area contributed by atoms with Gasteiger partial charge in [0.25, 0.3) is 0 Å². The molecule has 2 unspecified atom stereocenters. The van der Waals surface area contributed by atoms with Crippen LogP contribution in [-0.2, 0) is 6.42 Å². The van der Waals surface area contributed by atoms with Gasteiger partial charge in [-0.3, -0.25) is 0 Å². The summed E-state index contributed by atoms with van der Waals surface area (Å²) in [6.07, 6.45) is 0.622. The van der Waals surface area contributed by atoms with E-state index in [9.17, 15) is 5.11 Å². The fourth-order valence-corrected chi connectivity index (χ4v) is 1.93. The molecule has 0 aliphatic carbocycles. The molecule has 5 heteroatoms. The Morgan fingerprint density at radius 1 is 1.67 bits per heavy atom. The maximum atomic E-state index is 9.48. The summed E-state index contributed by atoms with van der Waals surface area (Å²) in [7, 11) is 0. The Kier molecular flexibility index (Phi) is 2.34. The monoisotopic (exact) mass is 185 g/mol. The van der Waals surface area contributed by atoms with Gasteiger partial charge in [-0.25, -0.2) is 0 Å². The summed E-state index contributed by atoms with van der Waals surface area (Å²) < 4.78 is 3.78. The molecule has 4 nitrogen and oxygen atoms in total. The number of nitrogens with one attached hydrogen (secondary N) is 1. The first kappa shape index (κ1) is 8.10. The first-order chi connectivity index (χ1) is 5.86. The lowest BCUT2D eigenvalue weighted by Gasteiger charge is -2.09. The molecule has 1 aliphatic rings. The second-order valence-electron chi connectivity index (χ2n) is 3.09. The summed E-state index contributed by atoms with van der Waals surface area (Å²) in [6.45, 7) is 1.60. The van der Waals surface area contributed by atoms with E-state index in [0.717, 1.165) is 18.7 Å². The van der Waals surface area contributed by atoms with Gasteiger partial charge < -0.3 is 10.4 Å². The molecule has 0 amide bonds. The highest BCUT2D eigenvalue weighted by Gasteiger charge is 2.25. The van der Waals surface area contributed by atoms with Gasteiger partial charge in [-0.2, -0.15) is 0 Å². The van der Waals surface area contributed by atoms with Gasteiger partial charge in [0.15, 0.2) is 0 Å². The molecule has 0 spiro atoms. The van der Waals surface area contributed by atoms with Crippen LogP contribution in [0.25, 0.3) is 0 Å². The van der Waals surface area contributed by atoms with Gasteiger partial charge >= 0.3 is 0 Å². The molecular weight excluding hydrogens is 174 g/mol. The van der Waals surface area contributed by atoms with Crippen LogP contribution in [0.2, 0.25) is 0 Å². The molecule has 1 fully saturated rings. The number of aliphatic hydroxyl groups is 1. The highest BCUT2D eigenvalue weighted by Crippen LogP contribution is 2.14. The van der Waals surface area contributed by atoms with Crippen molar-refractivity contribution in [2.24, 2.45) is 5.92 Å². The average Bonchev–Trinajstić information content (AvgIpc) is 2.65. The van der Waals surface area contributed by atoms with E-state index in [-0.39, 0.29) is 6.10 Å². The highest BCUT2D eigenvalue weighted by atomic mass is 32.1. The molecule has 0 saturated carbocycles. The largest absolute Gasteiger partial charge is 0.391 e. The minimum atomic E-state index is -0.216. The van der Waals surface area contributed by atoms with Crippen LogP contribution in [0.1, 0.15) is 5.69 Å². The van der Waals surface area contributed by atoms with Crippen LogP contribution in [0.5, 0.6) is 0 Å². The molecule has 2 N–H and O–H groups in total. The normalized spacial score (nSPS) is 29.4. The second kappa shape index (κ2) is 3.47. The first-order valence-electron chi connectivity index (χ1n) is 4.01. The molecular formula is C7H11N3OS. The standard InChI is InChI=1S/C7H11N3OS/c11-7-3-8-2-5(7)1-6-4-12-10-9-6/h4-5,7-8,11H,1-3H2. The lowest BCUT2D eigenvalue weighted by atomic mass is 10.0. The Labute approximate surface area is 74.8 Å². The fraction of sp³-hybridized carbons (Fsp3) is 0.714. The lowest BCUT2D eigenvalue weighted by molar-refractivity contribution is 0.147. The van der Waals surface area contributed by atoms with Gasteiger partial charge in [-0.15, -0.1) is 5.10 Å². The molecule has 1 saturated heterocycles. The van der Waals surface area contributed by atoms with Gasteiger partial charge in [0, 0.05) is 24.4 Å². The maximum Gasteiger partial charge on any atom is 0.0759 e. The van der Waals surface area contributed by atoms with Gasteiger partial charge in [-0.1, -0.05) is 4.49 Å². The van der Waals surface area contributed by atoms with Crippen LogP contribution in [0.15, 0.2) is 5.38 Å². The van der Waals surface area contributed by atoms with E-state index in [0.29, 0.717) is 12.5 Å². The second-order valence-corrected chi connectivity index (χ2v) is 3.70. The third kappa shape index (κ3) is 1.63. The number of aliphatic hydroxyl groups excluding tert-OH is 1. The topological polar surface area (TPSA) is 58.0 Å². The molecule has 12 heavy (non-hydrogen) atoms. The van der Waals surface area contributed by atoms with Crippen LogP contribution in [0.3, 0.4) is 0 Å². The zero-order chi connectivity index (χ0) is 8.39. The van der Waals surface area contributed by atoms with E-state index < -0.39 is 0 Å². The first-order valence-corrected chi connectivity index (χ1v) is 4.84. The molecule has 0 radical (unpaired) electrons. The van der Waals surface area contributed by atoms with Crippen LogP contribution in [0.4, 0.5) is 0 Å². The highest BCUT2D eigenvalue weighted by molar-refractivity contribution is 7.03. The van der Waals surface area contributed by atoms with E-state index >= 15 is 0 Å². The van der Waals surface area contributed by atoms with Gasteiger partial charge in [-0.05, 0) is 18.0 Å². The van der Waals surface area contributed by atoms with E-state index in [1.807, 2.05) is 5.38 Å². The Hall–Kier alpha value is -0.520. The molecule has 1 aliphatic heterocycles. The van der Waals surface area contributed by atoms with Gasteiger partial charge in [0.05, 0.1) is 11.8 Å². The number of hydrogen-bond acceptors (Lipinski definition) is 5. The molecule has 1 aromatic rings. The van der Waals surface area contributed by atoms with Gasteiger partial charge in [0.1, 0.15) is 0 Å². The van der Waals surface area contributed by atoms with Crippen molar-refractivity contribution in [3.05, 3.63) is 11.1 Å². The van der Waals surface area contributed by atoms with E-state index in [4.69, 9.17) is 0 Å². The zero-order valence-corrected chi connectivity index (χ0v) is 7.42. The molecule has 0 bridgehead atoms. The van der Waals surface area contributed by atoms with Crippen molar-refractivity contribution < 1.29 is 5.11 Å². The van der Waals surface area contributed by atoms with Crippen molar-refractivity contribution in [2.75, 3.05) is 13.1 Å². The summed E-state index contributed by atoms with van der Waals surface area (Å²) >= 11 is 1.36. The van der Waals surface area contributed by atoms with E-state index in [1.54, 1.807) is 0 Å². The molecule has 2 heterocycles. The summed E-state index contributed by atoms with van der Waals surface area (Å²) in [4.78, 5) is 0. The third-order valence-electron chi connectivity index (χ3n) is 2.18. The quantitative estimate of drug-likeness (QED) is 0.662. The number of hydrogen-bond donors (Lipinski definition) is 2. The maximum absolute atomic E-state index is 9.48. The third-order valence-corrected chi connectivity index (χ3v) is 2.73. The van der Waals surface area contributed by atoms with Crippen LogP contribution < -0.4 is 5.32 Å². The molecule has 2 atom stereocenters. The predicted molar refractivity (Wildman–Crippen MR) is 46.0 cm³/mol. The van der Waals surface area contributed by atoms with Crippen LogP contribution in [0, 0.1) is 5.92 Å². The summed E-state index contributed by atoms with van der Waals surface area (Å²) in [5.74, 6) is 0.314. The fourth-order valence-electron chi connectivity index (χ4n) is 1.47. The van der Waals surface area contributed by atoms with Crippen molar-refractivity contribution in [2.45, 2.75) is 12.5 Å². The Morgan fingerprint density at radius 2 is 2.58 bits per heavy atom. The predicted octanol–water partition coefficient (Wildman–Crippen LogP) is -0.339. The van der Waals surface area contributed by atoms with Crippen molar-refractivity contribution in [3.63, 3.8) is 0 Å².